The molecule has 3 aromatic rings. The molecule has 1 atom stereocenters. The van der Waals surface area contributed by atoms with Crippen molar-refractivity contribution in [3.05, 3.63) is 89.0 Å². The molecule has 0 aliphatic carbocycles. The molecule has 5 heteroatoms. The summed E-state index contributed by atoms with van der Waals surface area (Å²) in [6, 6.07) is 21.2. The average Bonchev–Trinajstić information content (AvgIpc) is 2.77. The number of aryl methyl sites for hydroxylation is 2. The van der Waals surface area contributed by atoms with Crippen molar-refractivity contribution in [1.82, 2.24) is 4.90 Å². The van der Waals surface area contributed by atoms with Crippen LogP contribution in [-0.2, 0) is 11.3 Å². The van der Waals surface area contributed by atoms with Crippen LogP contribution in [0.3, 0.4) is 0 Å². The number of anilines is 1. The maximum atomic E-state index is 13.5. The van der Waals surface area contributed by atoms with Gasteiger partial charge in [-0.1, -0.05) is 48.5 Å². The van der Waals surface area contributed by atoms with Gasteiger partial charge in [0.15, 0.2) is 0 Å². The maximum Gasteiger partial charge on any atom is 0.246 e. The van der Waals surface area contributed by atoms with Gasteiger partial charge in [0, 0.05) is 23.9 Å². The Morgan fingerprint density at radius 1 is 0.968 bits per heavy atom. The maximum absolute atomic E-state index is 13.5. The van der Waals surface area contributed by atoms with E-state index in [1.165, 1.54) is 0 Å². The zero-order chi connectivity index (χ0) is 22.4. The van der Waals surface area contributed by atoms with Crippen LogP contribution in [0.4, 0.5) is 5.69 Å². The van der Waals surface area contributed by atoms with E-state index in [9.17, 15) is 4.79 Å². The van der Waals surface area contributed by atoms with Gasteiger partial charge < -0.3 is 14.8 Å². The van der Waals surface area contributed by atoms with E-state index in [0.29, 0.717) is 6.54 Å². The normalized spacial score (nSPS) is 11.8. The molecule has 0 aliphatic rings. The van der Waals surface area contributed by atoms with Crippen LogP contribution in [0.2, 0.25) is 0 Å². The third-order valence-corrected chi connectivity index (χ3v) is 5.37. The first kappa shape index (κ1) is 22.4. The third kappa shape index (κ3) is 5.44. The van der Waals surface area contributed by atoms with Gasteiger partial charge in [0.05, 0.1) is 14.2 Å². The zero-order valence-electron chi connectivity index (χ0n) is 18.8. The number of carbonyl (C=O) groups excluding carboxylic acids is 1. The summed E-state index contributed by atoms with van der Waals surface area (Å²) in [5.74, 6) is 1.39. The van der Waals surface area contributed by atoms with Crippen molar-refractivity contribution in [2.45, 2.75) is 26.4 Å². The minimum absolute atomic E-state index is 0.0742. The number of nitrogens with zero attached hydrogens (tertiary/aromatic N) is 1. The van der Waals surface area contributed by atoms with Gasteiger partial charge in [0.25, 0.3) is 0 Å². The number of ether oxygens (including phenoxy) is 2. The number of amides is 1. The van der Waals surface area contributed by atoms with Crippen molar-refractivity contribution in [2.24, 2.45) is 0 Å². The van der Waals surface area contributed by atoms with Crippen LogP contribution in [0, 0.1) is 13.8 Å². The van der Waals surface area contributed by atoms with Crippen LogP contribution in [0.1, 0.15) is 28.3 Å². The largest absolute Gasteiger partial charge is 0.497 e. The fraction of sp³-hybridized carbons (Fsp3) is 0.269. The number of rotatable bonds is 8. The molecule has 31 heavy (non-hydrogen) atoms. The van der Waals surface area contributed by atoms with E-state index in [0.717, 1.165) is 39.4 Å². The van der Waals surface area contributed by atoms with Crippen LogP contribution >= 0.6 is 0 Å². The quantitative estimate of drug-likeness (QED) is 0.551. The highest BCUT2D eigenvalue weighted by atomic mass is 16.5. The van der Waals surface area contributed by atoms with Crippen molar-refractivity contribution < 1.29 is 14.3 Å². The van der Waals surface area contributed by atoms with Gasteiger partial charge in [-0.05, 0) is 49.7 Å². The Bertz CT molecular complexity index is 1030. The number of nitrogens with one attached hydrogen (secondary N) is 1. The molecule has 162 valence electrons. The van der Waals surface area contributed by atoms with Crippen molar-refractivity contribution in [3.63, 3.8) is 0 Å². The molecule has 3 rings (SSSR count). The van der Waals surface area contributed by atoms with Gasteiger partial charge in [-0.15, -0.1) is 0 Å². The van der Waals surface area contributed by atoms with E-state index < -0.39 is 6.04 Å². The van der Waals surface area contributed by atoms with E-state index in [4.69, 9.17) is 9.47 Å². The molecule has 0 spiro atoms. The Morgan fingerprint density at radius 3 is 2.39 bits per heavy atom. The standard InChI is InChI=1S/C26H30N2O3/c1-18-11-12-19(2)23(15-18)27-26(29)25(20-9-7-6-8-10-20)28(3)17-21-13-14-22(30-4)16-24(21)31-5/h6-16,25H,17H2,1-5H3,(H,27,29)/t25-/m1/s1. The zero-order valence-corrected chi connectivity index (χ0v) is 18.8. The molecule has 0 unspecified atom stereocenters. The summed E-state index contributed by atoms with van der Waals surface area (Å²) >= 11 is 0. The molecule has 1 amide bonds. The number of hydrogen-bond donors (Lipinski definition) is 1. The minimum atomic E-state index is -0.465. The highest BCUT2D eigenvalue weighted by Gasteiger charge is 2.26. The van der Waals surface area contributed by atoms with Gasteiger partial charge in [-0.2, -0.15) is 0 Å². The minimum Gasteiger partial charge on any atom is -0.497 e. The van der Waals surface area contributed by atoms with Gasteiger partial charge in [-0.3, -0.25) is 9.69 Å². The molecule has 0 saturated carbocycles. The van der Waals surface area contributed by atoms with Crippen LogP contribution in [-0.4, -0.2) is 32.1 Å². The summed E-state index contributed by atoms with van der Waals surface area (Å²) in [5.41, 5.74) is 4.88. The predicted molar refractivity (Wildman–Crippen MR) is 125 cm³/mol. The Morgan fingerprint density at radius 2 is 1.71 bits per heavy atom. The molecular weight excluding hydrogens is 388 g/mol. The van der Waals surface area contributed by atoms with E-state index in [2.05, 4.69) is 5.32 Å². The van der Waals surface area contributed by atoms with Crippen molar-refractivity contribution >= 4 is 11.6 Å². The molecule has 1 N–H and O–H groups in total. The highest BCUT2D eigenvalue weighted by molar-refractivity contribution is 5.96. The number of hydrogen-bond acceptors (Lipinski definition) is 4. The summed E-state index contributed by atoms with van der Waals surface area (Å²) in [4.78, 5) is 15.5. The first-order valence-corrected chi connectivity index (χ1v) is 10.3. The second-order valence-electron chi connectivity index (χ2n) is 7.71. The van der Waals surface area contributed by atoms with E-state index in [1.54, 1.807) is 14.2 Å². The van der Waals surface area contributed by atoms with Crippen molar-refractivity contribution in [2.75, 3.05) is 26.6 Å². The molecule has 0 radical (unpaired) electrons. The second kappa shape index (κ2) is 10.1. The first-order chi connectivity index (χ1) is 14.9. The lowest BCUT2D eigenvalue weighted by atomic mass is 10.0. The van der Waals surface area contributed by atoms with Crippen LogP contribution < -0.4 is 14.8 Å². The number of methoxy groups -OCH3 is 2. The summed E-state index contributed by atoms with van der Waals surface area (Å²) in [6.45, 7) is 4.55. The van der Waals surface area contributed by atoms with E-state index in [-0.39, 0.29) is 5.91 Å². The molecule has 5 nitrogen and oxygen atoms in total. The lowest BCUT2D eigenvalue weighted by Gasteiger charge is -2.28. The molecule has 0 heterocycles. The topological polar surface area (TPSA) is 50.8 Å². The molecule has 0 bridgehead atoms. The van der Waals surface area contributed by atoms with Gasteiger partial charge in [0.2, 0.25) is 5.91 Å². The van der Waals surface area contributed by atoms with Crippen LogP contribution in [0.5, 0.6) is 11.5 Å². The third-order valence-electron chi connectivity index (χ3n) is 5.37. The smallest absolute Gasteiger partial charge is 0.246 e. The summed E-state index contributed by atoms with van der Waals surface area (Å²) < 4.78 is 10.9. The average molecular weight is 419 g/mol. The van der Waals surface area contributed by atoms with Gasteiger partial charge >= 0.3 is 0 Å². The number of benzene rings is 3. The van der Waals surface area contributed by atoms with Gasteiger partial charge in [-0.25, -0.2) is 0 Å². The van der Waals surface area contributed by atoms with Crippen molar-refractivity contribution in [3.8, 4) is 11.5 Å². The molecule has 0 fully saturated rings. The Labute approximate surface area is 184 Å². The number of likely N-dealkylation sites (N-methyl/N-ethyl adjacent to an activating group) is 1. The molecule has 0 aromatic heterocycles. The van der Waals surface area contributed by atoms with Crippen LogP contribution in [0.15, 0.2) is 66.7 Å². The summed E-state index contributed by atoms with van der Waals surface area (Å²) in [7, 11) is 5.22. The lowest BCUT2D eigenvalue weighted by molar-refractivity contribution is -0.121. The molecule has 0 aliphatic heterocycles. The monoisotopic (exact) mass is 418 g/mol. The SMILES string of the molecule is COc1ccc(CN(C)[C@@H](C(=O)Nc2cc(C)ccc2C)c2ccccc2)c(OC)c1. The fourth-order valence-electron chi connectivity index (χ4n) is 3.66. The molecule has 0 saturated heterocycles. The Balaban J connectivity index is 1.90. The fourth-order valence-corrected chi connectivity index (χ4v) is 3.66. The van der Waals surface area contributed by atoms with E-state index in [1.807, 2.05) is 92.5 Å². The molecule has 3 aromatic carbocycles. The Hall–Kier alpha value is -3.31. The lowest BCUT2D eigenvalue weighted by Crippen LogP contribution is -2.34. The highest BCUT2D eigenvalue weighted by Crippen LogP contribution is 2.29. The van der Waals surface area contributed by atoms with Crippen molar-refractivity contribution in [1.29, 1.82) is 0 Å². The summed E-state index contributed by atoms with van der Waals surface area (Å²) in [5, 5.41) is 3.13. The number of carbonyl (C=O) groups is 1. The van der Waals surface area contributed by atoms with Crippen LogP contribution in [0.25, 0.3) is 0 Å². The van der Waals surface area contributed by atoms with Gasteiger partial charge in [0.1, 0.15) is 17.5 Å². The Kier molecular flexibility index (Phi) is 7.32. The molecular formula is C26H30N2O3. The second-order valence-corrected chi connectivity index (χ2v) is 7.71. The first-order valence-electron chi connectivity index (χ1n) is 10.3. The van der Waals surface area contributed by atoms with E-state index >= 15 is 0 Å². The summed E-state index contributed by atoms with van der Waals surface area (Å²) in [6.07, 6.45) is 0. The predicted octanol–water partition coefficient (Wildman–Crippen LogP) is 5.13.